The van der Waals surface area contributed by atoms with Crippen molar-refractivity contribution in [3.8, 4) is 0 Å². The zero-order chi connectivity index (χ0) is 13.7. The highest BCUT2D eigenvalue weighted by molar-refractivity contribution is 7.11. The van der Waals surface area contributed by atoms with Crippen LogP contribution in [0.3, 0.4) is 0 Å². The molecular formula is C14H19N3OS. The van der Waals surface area contributed by atoms with Crippen LogP contribution in [0.1, 0.15) is 15.6 Å². The summed E-state index contributed by atoms with van der Waals surface area (Å²) in [6.45, 7) is 2.82. The fourth-order valence-electron chi connectivity index (χ4n) is 1.99. The van der Waals surface area contributed by atoms with Crippen LogP contribution < -0.4 is 0 Å². The average Bonchev–Trinajstić information content (AvgIpc) is 2.82. The first-order valence-electron chi connectivity index (χ1n) is 6.33. The van der Waals surface area contributed by atoms with Crippen LogP contribution in [-0.4, -0.2) is 39.9 Å². The Morgan fingerprint density at radius 2 is 2.00 bits per heavy atom. The maximum Gasteiger partial charge on any atom is 0.131 e. The molecule has 102 valence electrons. The Labute approximate surface area is 117 Å². The smallest absolute Gasteiger partial charge is 0.131 e. The molecule has 1 heterocycles. The third-order valence-electron chi connectivity index (χ3n) is 3.10. The third-order valence-corrected chi connectivity index (χ3v) is 3.92. The molecule has 0 radical (unpaired) electrons. The van der Waals surface area contributed by atoms with Crippen LogP contribution in [0.5, 0.6) is 0 Å². The molecule has 0 aliphatic heterocycles. The predicted molar refractivity (Wildman–Crippen MR) is 77.1 cm³/mol. The normalized spacial score (nSPS) is 12.8. The summed E-state index contributed by atoms with van der Waals surface area (Å²) in [6, 6.07) is 10.3. The largest absolute Gasteiger partial charge is 0.395 e. The molecule has 0 unspecified atom stereocenters. The number of nitrogens with zero attached hydrogens (tertiary/aromatic N) is 3. The molecule has 19 heavy (non-hydrogen) atoms. The number of aliphatic hydroxyl groups is 1. The number of likely N-dealkylation sites (N-methyl/N-ethyl adjacent to an activating group) is 1. The summed E-state index contributed by atoms with van der Waals surface area (Å²) < 4.78 is 0. The lowest BCUT2D eigenvalue weighted by atomic mass is 10.1. The highest BCUT2D eigenvalue weighted by Crippen LogP contribution is 2.14. The van der Waals surface area contributed by atoms with Crippen molar-refractivity contribution < 1.29 is 5.11 Å². The summed E-state index contributed by atoms with van der Waals surface area (Å²) in [5.74, 6) is 0. The topological polar surface area (TPSA) is 49.2 Å². The highest BCUT2D eigenvalue weighted by atomic mass is 32.1. The Balaban J connectivity index is 1.97. The van der Waals surface area contributed by atoms with Gasteiger partial charge in [-0.3, -0.25) is 4.90 Å². The lowest BCUT2D eigenvalue weighted by molar-refractivity contribution is 0.141. The van der Waals surface area contributed by atoms with Crippen LogP contribution in [0, 0.1) is 6.92 Å². The molecule has 4 nitrogen and oxygen atoms in total. The maximum atomic E-state index is 9.57. The third kappa shape index (κ3) is 4.09. The van der Waals surface area contributed by atoms with Crippen molar-refractivity contribution in [3.63, 3.8) is 0 Å². The number of aromatic nitrogens is 2. The van der Waals surface area contributed by atoms with E-state index in [9.17, 15) is 5.11 Å². The number of aliphatic hydroxyl groups excluding tert-OH is 1. The Kier molecular flexibility index (Phi) is 5.01. The van der Waals surface area contributed by atoms with Gasteiger partial charge in [-0.05, 0) is 26.0 Å². The Morgan fingerprint density at radius 1 is 1.26 bits per heavy atom. The second kappa shape index (κ2) is 6.75. The Morgan fingerprint density at radius 3 is 2.58 bits per heavy atom. The molecule has 1 aromatic carbocycles. The van der Waals surface area contributed by atoms with Crippen molar-refractivity contribution >= 4 is 11.3 Å². The van der Waals surface area contributed by atoms with E-state index in [1.54, 1.807) is 11.3 Å². The van der Waals surface area contributed by atoms with Crippen LogP contribution in [0.2, 0.25) is 0 Å². The zero-order valence-electron chi connectivity index (χ0n) is 11.3. The van der Waals surface area contributed by atoms with Gasteiger partial charge in [-0.25, -0.2) is 0 Å². The number of hydrogen-bond acceptors (Lipinski definition) is 5. The molecule has 0 saturated carbocycles. The molecule has 0 amide bonds. The summed E-state index contributed by atoms with van der Waals surface area (Å²) >= 11 is 1.60. The Hall–Kier alpha value is -1.30. The van der Waals surface area contributed by atoms with Gasteiger partial charge in [-0.1, -0.05) is 30.3 Å². The number of benzene rings is 1. The van der Waals surface area contributed by atoms with Crippen molar-refractivity contribution in [2.24, 2.45) is 0 Å². The van der Waals surface area contributed by atoms with E-state index in [0.29, 0.717) is 0 Å². The van der Waals surface area contributed by atoms with Crippen LogP contribution in [0.4, 0.5) is 0 Å². The van der Waals surface area contributed by atoms with E-state index in [1.165, 1.54) is 5.56 Å². The molecule has 0 fully saturated rings. The first-order valence-corrected chi connectivity index (χ1v) is 7.14. The van der Waals surface area contributed by atoms with Crippen LogP contribution >= 0.6 is 11.3 Å². The summed E-state index contributed by atoms with van der Waals surface area (Å²) in [5.41, 5.74) is 1.24. The second-order valence-corrected chi connectivity index (χ2v) is 5.92. The molecule has 0 saturated heterocycles. The van der Waals surface area contributed by atoms with Gasteiger partial charge >= 0.3 is 0 Å². The molecule has 5 heteroatoms. The monoisotopic (exact) mass is 277 g/mol. The highest BCUT2D eigenvalue weighted by Gasteiger charge is 2.16. The minimum Gasteiger partial charge on any atom is -0.395 e. The number of aryl methyl sites for hydroxylation is 1. The summed E-state index contributed by atoms with van der Waals surface area (Å²) in [5, 5.41) is 19.7. The first-order chi connectivity index (χ1) is 9.19. The zero-order valence-corrected chi connectivity index (χ0v) is 12.1. The molecule has 0 spiro atoms. The Bertz CT molecular complexity index is 500. The lowest BCUT2D eigenvalue weighted by Crippen LogP contribution is -2.36. The van der Waals surface area contributed by atoms with Crippen molar-refractivity contribution in [2.45, 2.75) is 25.9 Å². The molecule has 0 bridgehead atoms. The van der Waals surface area contributed by atoms with Gasteiger partial charge in [-0.15, -0.1) is 21.5 Å². The first kappa shape index (κ1) is 14.1. The average molecular weight is 277 g/mol. The van der Waals surface area contributed by atoms with Gasteiger partial charge in [0, 0.05) is 6.04 Å². The van der Waals surface area contributed by atoms with Gasteiger partial charge in [0.05, 0.1) is 13.2 Å². The second-order valence-electron chi connectivity index (χ2n) is 4.66. The van der Waals surface area contributed by atoms with Crippen LogP contribution in [-0.2, 0) is 13.0 Å². The number of hydrogen-bond donors (Lipinski definition) is 1. The molecule has 1 aromatic heterocycles. The SMILES string of the molecule is Cc1nnc(CN(C)[C@H](CO)Cc2ccccc2)s1. The summed E-state index contributed by atoms with van der Waals surface area (Å²) in [7, 11) is 2.01. The lowest BCUT2D eigenvalue weighted by Gasteiger charge is -2.25. The van der Waals surface area contributed by atoms with Crippen molar-refractivity contribution in [3.05, 3.63) is 45.9 Å². The summed E-state index contributed by atoms with van der Waals surface area (Å²) in [6.07, 6.45) is 0.839. The van der Waals surface area contributed by atoms with E-state index >= 15 is 0 Å². The molecule has 2 rings (SSSR count). The standard InChI is InChI=1S/C14H19N3OS/c1-11-15-16-14(19-11)9-17(2)13(10-18)8-12-6-4-3-5-7-12/h3-7,13,18H,8-10H2,1-2H3/t13-/m0/s1. The minimum absolute atomic E-state index is 0.103. The van der Waals surface area contributed by atoms with Gasteiger partial charge < -0.3 is 5.11 Å². The minimum atomic E-state index is 0.103. The predicted octanol–water partition coefficient (Wildman–Crippen LogP) is 1.88. The van der Waals surface area contributed by atoms with Crippen LogP contribution in [0.15, 0.2) is 30.3 Å². The molecular weight excluding hydrogens is 258 g/mol. The van der Waals surface area contributed by atoms with Gasteiger partial charge in [0.15, 0.2) is 0 Å². The summed E-state index contributed by atoms with van der Waals surface area (Å²) in [4.78, 5) is 2.13. The molecule has 0 aliphatic carbocycles. The van der Waals surface area contributed by atoms with E-state index in [1.807, 2.05) is 32.2 Å². The molecule has 1 N–H and O–H groups in total. The fourth-order valence-corrected chi connectivity index (χ4v) is 2.76. The molecule has 2 aromatic rings. The van der Waals surface area contributed by atoms with Gasteiger partial charge in [0.25, 0.3) is 0 Å². The van der Waals surface area contributed by atoms with Gasteiger partial charge in [0.2, 0.25) is 0 Å². The molecule has 1 atom stereocenters. The molecule has 0 aliphatic rings. The van der Waals surface area contributed by atoms with Crippen molar-refractivity contribution in [1.29, 1.82) is 0 Å². The van der Waals surface area contributed by atoms with Crippen LogP contribution in [0.25, 0.3) is 0 Å². The van der Waals surface area contributed by atoms with Gasteiger partial charge in [-0.2, -0.15) is 0 Å². The number of rotatable bonds is 6. The maximum absolute atomic E-state index is 9.57. The van der Waals surface area contributed by atoms with E-state index in [0.717, 1.165) is 23.0 Å². The van der Waals surface area contributed by atoms with E-state index in [-0.39, 0.29) is 12.6 Å². The van der Waals surface area contributed by atoms with Gasteiger partial charge in [0.1, 0.15) is 10.0 Å². The van der Waals surface area contributed by atoms with Crippen molar-refractivity contribution in [2.75, 3.05) is 13.7 Å². The van der Waals surface area contributed by atoms with E-state index in [2.05, 4.69) is 27.2 Å². The van der Waals surface area contributed by atoms with E-state index in [4.69, 9.17) is 0 Å². The fraction of sp³-hybridized carbons (Fsp3) is 0.429. The quantitative estimate of drug-likeness (QED) is 0.876. The van der Waals surface area contributed by atoms with E-state index < -0.39 is 0 Å². The van der Waals surface area contributed by atoms with Crippen molar-refractivity contribution in [1.82, 2.24) is 15.1 Å².